The van der Waals surface area contributed by atoms with E-state index in [9.17, 15) is 9.59 Å². The van der Waals surface area contributed by atoms with E-state index in [4.69, 9.17) is 15.2 Å². The van der Waals surface area contributed by atoms with Crippen molar-refractivity contribution in [2.45, 2.75) is 13.0 Å². The maximum Gasteiger partial charge on any atom is 0.327 e. The number of carbonyl (C=O) groups is 2. The minimum atomic E-state index is -0.833. The van der Waals surface area contributed by atoms with Crippen molar-refractivity contribution in [3.8, 4) is 5.75 Å². The Bertz CT molecular complexity index is 671. The van der Waals surface area contributed by atoms with Gasteiger partial charge in [-0.1, -0.05) is 30.3 Å². The van der Waals surface area contributed by atoms with Gasteiger partial charge in [0, 0.05) is 5.69 Å². The number of nitrogens with one attached hydrogen (secondary N) is 1. The SMILES string of the molecule is CCOC(=O)C(N)c1ccc(OCC(=O)Nc2ccccc2)cc1. The molecule has 6 nitrogen and oxygen atoms in total. The highest BCUT2D eigenvalue weighted by atomic mass is 16.5. The van der Waals surface area contributed by atoms with Crippen molar-refractivity contribution in [3.63, 3.8) is 0 Å². The molecule has 1 unspecified atom stereocenters. The molecule has 2 aromatic carbocycles. The third-order valence-corrected chi connectivity index (χ3v) is 3.21. The predicted octanol–water partition coefficient (Wildman–Crippen LogP) is 2.27. The summed E-state index contributed by atoms with van der Waals surface area (Å²) in [5, 5.41) is 2.73. The van der Waals surface area contributed by atoms with Crippen LogP contribution in [0.5, 0.6) is 5.75 Å². The number of anilines is 1. The first-order chi connectivity index (χ1) is 11.6. The van der Waals surface area contributed by atoms with Crippen LogP contribution in [0.4, 0.5) is 5.69 Å². The molecular weight excluding hydrogens is 308 g/mol. The minimum Gasteiger partial charge on any atom is -0.484 e. The van der Waals surface area contributed by atoms with Gasteiger partial charge in [0.15, 0.2) is 6.61 Å². The minimum absolute atomic E-state index is 0.113. The number of esters is 1. The number of nitrogens with two attached hydrogens (primary N) is 1. The largest absolute Gasteiger partial charge is 0.484 e. The van der Waals surface area contributed by atoms with Crippen LogP contribution in [0, 0.1) is 0 Å². The summed E-state index contributed by atoms with van der Waals surface area (Å²) in [4.78, 5) is 23.4. The summed E-state index contributed by atoms with van der Waals surface area (Å²) in [7, 11) is 0. The van der Waals surface area contributed by atoms with Gasteiger partial charge in [-0.2, -0.15) is 0 Å². The van der Waals surface area contributed by atoms with Gasteiger partial charge in [0.2, 0.25) is 0 Å². The first kappa shape index (κ1) is 17.5. The van der Waals surface area contributed by atoms with Crippen molar-refractivity contribution in [3.05, 3.63) is 60.2 Å². The van der Waals surface area contributed by atoms with Gasteiger partial charge in [0.25, 0.3) is 5.91 Å². The van der Waals surface area contributed by atoms with Crippen LogP contribution in [0.1, 0.15) is 18.5 Å². The van der Waals surface area contributed by atoms with Gasteiger partial charge in [0.05, 0.1) is 6.61 Å². The summed E-state index contributed by atoms with van der Waals surface area (Å²) in [5.41, 5.74) is 7.13. The lowest BCUT2D eigenvalue weighted by atomic mass is 10.1. The Hall–Kier alpha value is -2.86. The first-order valence-corrected chi connectivity index (χ1v) is 7.60. The van der Waals surface area contributed by atoms with Crippen LogP contribution in [-0.2, 0) is 14.3 Å². The molecule has 6 heteroatoms. The molecule has 24 heavy (non-hydrogen) atoms. The topological polar surface area (TPSA) is 90.7 Å². The van der Waals surface area contributed by atoms with E-state index in [0.29, 0.717) is 17.0 Å². The number of rotatable bonds is 7. The molecule has 0 fully saturated rings. The highest BCUT2D eigenvalue weighted by molar-refractivity contribution is 5.91. The molecule has 0 saturated heterocycles. The molecule has 126 valence electrons. The van der Waals surface area contributed by atoms with Crippen molar-refractivity contribution >= 4 is 17.6 Å². The van der Waals surface area contributed by atoms with E-state index in [1.165, 1.54) is 0 Å². The van der Waals surface area contributed by atoms with Crippen molar-refractivity contribution in [1.29, 1.82) is 0 Å². The van der Waals surface area contributed by atoms with Crippen LogP contribution < -0.4 is 15.8 Å². The molecular formula is C18H20N2O4. The Morgan fingerprint density at radius 3 is 2.38 bits per heavy atom. The summed E-state index contributed by atoms with van der Waals surface area (Å²) < 4.78 is 10.3. The van der Waals surface area contributed by atoms with E-state index >= 15 is 0 Å². The highest BCUT2D eigenvalue weighted by Gasteiger charge is 2.16. The standard InChI is InChI=1S/C18H20N2O4/c1-2-23-18(22)17(19)13-8-10-15(11-9-13)24-12-16(21)20-14-6-4-3-5-7-14/h3-11,17H,2,12,19H2,1H3,(H,20,21). The van der Waals surface area contributed by atoms with E-state index < -0.39 is 12.0 Å². The molecule has 3 N–H and O–H groups in total. The zero-order valence-electron chi connectivity index (χ0n) is 13.4. The zero-order valence-corrected chi connectivity index (χ0v) is 13.4. The molecule has 0 heterocycles. The van der Waals surface area contributed by atoms with Crippen molar-refractivity contribution in [2.75, 3.05) is 18.5 Å². The second-order valence-electron chi connectivity index (χ2n) is 5.00. The average molecular weight is 328 g/mol. The van der Waals surface area contributed by atoms with E-state index in [0.717, 1.165) is 0 Å². The molecule has 0 aliphatic carbocycles. The summed E-state index contributed by atoms with van der Waals surface area (Å²) in [6, 6.07) is 15.0. The molecule has 0 radical (unpaired) electrons. The Morgan fingerprint density at radius 2 is 1.75 bits per heavy atom. The Labute approximate surface area is 140 Å². The van der Waals surface area contributed by atoms with E-state index in [1.807, 2.05) is 18.2 Å². The molecule has 0 aromatic heterocycles. The third-order valence-electron chi connectivity index (χ3n) is 3.21. The molecule has 0 spiro atoms. The van der Waals surface area contributed by atoms with Crippen molar-refractivity contribution in [1.82, 2.24) is 0 Å². The van der Waals surface area contributed by atoms with Crippen LogP contribution in [0.25, 0.3) is 0 Å². The molecule has 2 rings (SSSR count). The average Bonchev–Trinajstić information content (AvgIpc) is 2.61. The van der Waals surface area contributed by atoms with Crippen LogP contribution in [0.2, 0.25) is 0 Å². The number of ether oxygens (including phenoxy) is 2. The normalized spacial score (nSPS) is 11.4. The van der Waals surface area contributed by atoms with Crippen LogP contribution >= 0.6 is 0 Å². The number of hydrogen-bond acceptors (Lipinski definition) is 5. The first-order valence-electron chi connectivity index (χ1n) is 7.60. The van der Waals surface area contributed by atoms with E-state index in [2.05, 4.69) is 5.32 Å². The molecule has 0 bridgehead atoms. The fraction of sp³-hybridized carbons (Fsp3) is 0.222. The number of benzene rings is 2. The number of hydrogen-bond donors (Lipinski definition) is 2. The van der Waals surface area contributed by atoms with Crippen LogP contribution in [0.3, 0.4) is 0 Å². The summed E-state index contributed by atoms with van der Waals surface area (Å²) in [5.74, 6) is -0.222. The lowest BCUT2D eigenvalue weighted by Gasteiger charge is -2.12. The number of para-hydroxylation sites is 1. The summed E-state index contributed by atoms with van der Waals surface area (Å²) in [6.45, 7) is 1.89. The van der Waals surface area contributed by atoms with Gasteiger partial charge in [-0.3, -0.25) is 4.79 Å². The van der Waals surface area contributed by atoms with Crippen molar-refractivity contribution in [2.24, 2.45) is 5.73 Å². The van der Waals surface area contributed by atoms with Gasteiger partial charge in [0.1, 0.15) is 11.8 Å². The maximum absolute atomic E-state index is 11.8. The molecule has 2 aromatic rings. The van der Waals surface area contributed by atoms with Crippen LogP contribution in [0.15, 0.2) is 54.6 Å². The van der Waals surface area contributed by atoms with E-state index in [-0.39, 0.29) is 19.1 Å². The fourth-order valence-electron chi connectivity index (χ4n) is 2.01. The third kappa shape index (κ3) is 5.10. The molecule has 0 saturated carbocycles. The lowest BCUT2D eigenvalue weighted by Crippen LogP contribution is -2.23. The van der Waals surface area contributed by atoms with Crippen molar-refractivity contribution < 1.29 is 19.1 Å². The smallest absolute Gasteiger partial charge is 0.327 e. The maximum atomic E-state index is 11.8. The Kier molecular flexibility index (Phi) is 6.33. The predicted molar refractivity (Wildman–Crippen MR) is 90.6 cm³/mol. The zero-order chi connectivity index (χ0) is 17.4. The second-order valence-corrected chi connectivity index (χ2v) is 5.00. The molecule has 0 aliphatic rings. The number of carbonyl (C=O) groups excluding carboxylic acids is 2. The van der Waals surface area contributed by atoms with Gasteiger partial charge < -0.3 is 20.5 Å². The second kappa shape index (κ2) is 8.69. The molecule has 1 atom stereocenters. The van der Waals surface area contributed by atoms with Gasteiger partial charge >= 0.3 is 5.97 Å². The Balaban J connectivity index is 1.85. The summed E-state index contributed by atoms with van der Waals surface area (Å²) in [6.07, 6.45) is 0. The summed E-state index contributed by atoms with van der Waals surface area (Å²) >= 11 is 0. The highest BCUT2D eigenvalue weighted by Crippen LogP contribution is 2.17. The lowest BCUT2D eigenvalue weighted by molar-refractivity contribution is -0.144. The van der Waals surface area contributed by atoms with Crippen LogP contribution in [-0.4, -0.2) is 25.1 Å². The van der Waals surface area contributed by atoms with Gasteiger partial charge in [-0.15, -0.1) is 0 Å². The quantitative estimate of drug-likeness (QED) is 0.761. The number of amides is 1. The molecule has 0 aliphatic heterocycles. The van der Waals surface area contributed by atoms with Gasteiger partial charge in [-0.25, -0.2) is 4.79 Å². The Morgan fingerprint density at radius 1 is 1.08 bits per heavy atom. The monoisotopic (exact) mass is 328 g/mol. The molecule has 1 amide bonds. The van der Waals surface area contributed by atoms with E-state index in [1.54, 1.807) is 43.3 Å². The fourth-order valence-corrected chi connectivity index (χ4v) is 2.01. The van der Waals surface area contributed by atoms with Gasteiger partial charge in [-0.05, 0) is 36.8 Å².